The molecule has 0 heterocycles. The lowest BCUT2D eigenvalue weighted by molar-refractivity contribution is -0.105. The monoisotopic (exact) mass is 221 g/mol. The van der Waals surface area contributed by atoms with Gasteiger partial charge in [-0.1, -0.05) is 0 Å². The van der Waals surface area contributed by atoms with Gasteiger partial charge in [-0.25, -0.2) is 0 Å². The van der Waals surface area contributed by atoms with Gasteiger partial charge in [0, 0.05) is 20.3 Å². The van der Waals surface area contributed by atoms with E-state index in [-0.39, 0.29) is 11.1 Å². The highest BCUT2D eigenvalue weighted by Crippen LogP contribution is 2.32. The molecular formula is C10H14F3NO. The molecule has 0 aliphatic carbocycles. The predicted octanol–water partition coefficient (Wildman–Crippen LogP) is 2.53. The Morgan fingerprint density at radius 3 is 1.93 bits per heavy atom. The van der Waals surface area contributed by atoms with Crippen molar-refractivity contribution in [2.75, 3.05) is 14.1 Å². The summed E-state index contributed by atoms with van der Waals surface area (Å²) in [5, 5.41) is 0. The third-order valence-electron chi connectivity index (χ3n) is 1.86. The first kappa shape index (κ1) is 13.7. The molecule has 0 aliphatic rings. The van der Waals surface area contributed by atoms with Crippen LogP contribution < -0.4 is 0 Å². The number of hydrogen-bond acceptors (Lipinski definition) is 2. The van der Waals surface area contributed by atoms with Crippen LogP contribution in [0.5, 0.6) is 0 Å². The Labute approximate surface area is 87.1 Å². The van der Waals surface area contributed by atoms with E-state index in [0.29, 0.717) is 6.29 Å². The van der Waals surface area contributed by atoms with Crippen LogP contribution in [0.25, 0.3) is 0 Å². The van der Waals surface area contributed by atoms with Gasteiger partial charge in [-0.15, -0.1) is 0 Å². The summed E-state index contributed by atoms with van der Waals surface area (Å²) in [6, 6.07) is 0. The lowest BCUT2D eigenvalue weighted by Crippen LogP contribution is -2.17. The second-order valence-electron chi connectivity index (χ2n) is 3.43. The molecule has 0 saturated carbocycles. The number of carbonyl (C=O) groups excluding carboxylic acids is 1. The molecule has 0 aliphatic heterocycles. The SMILES string of the molecule is C/C(C=O)=C(\C)C(=CN(C)C)C(F)(F)F. The number of halogens is 3. The highest BCUT2D eigenvalue weighted by molar-refractivity contribution is 5.75. The van der Waals surface area contributed by atoms with Gasteiger partial charge in [0.15, 0.2) is 0 Å². The normalized spacial score (nSPS) is 14.7. The predicted molar refractivity (Wildman–Crippen MR) is 52.3 cm³/mol. The maximum absolute atomic E-state index is 12.6. The van der Waals surface area contributed by atoms with E-state index in [9.17, 15) is 18.0 Å². The Morgan fingerprint density at radius 1 is 1.20 bits per heavy atom. The minimum Gasteiger partial charge on any atom is -0.383 e. The number of hydrogen-bond donors (Lipinski definition) is 0. The van der Waals surface area contributed by atoms with Crippen molar-refractivity contribution in [3.8, 4) is 0 Å². The van der Waals surface area contributed by atoms with E-state index < -0.39 is 11.7 Å². The van der Waals surface area contributed by atoms with Crippen molar-refractivity contribution in [2.24, 2.45) is 0 Å². The molecule has 0 aromatic rings. The first-order valence-corrected chi connectivity index (χ1v) is 4.28. The standard InChI is InChI=1S/C10H14F3NO/c1-7(6-15)8(2)9(5-14(3)4)10(11,12)13/h5-6H,1-4H3/b8-7-,9-5?. The molecule has 0 unspecified atom stereocenters. The van der Waals surface area contributed by atoms with Crippen LogP contribution in [0.4, 0.5) is 13.2 Å². The van der Waals surface area contributed by atoms with Crippen LogP contribution in [0.3, 0.4) is 0 Å². The van der Waals surface area contributed by atoms with Gasteiger partial charge in [-0.3, -0.25) is 4.79 Å². The van der Waals surface area contributed by atoms with Crippen LogP contribution >= 0.6 is 0 Å². The molecule has 0 bridgehead atoms. The Hall–Kier alpha value is -1.26. The highest BCUT2D eigenvalue weighted by atomic mass is 19.4. The highest BCUT2D eigenvalue weighted by Gasteiger charge is 2.35. The van der Waals surface area contributed by atoms with E-state index in [1.54, 1.807) is 0 Å². The lowest BCUT2D eigenvalue weighted by Gasteiger charge is -2.16. The van der Waals surface area contributed by atoms with E-state index in [4.69, 9.17) is 0 Å². The molecule has 0 aromatic heterocycles. The fraction of sp³-hybridized carbons (Fsp3) is 0.500. The van der Waals surface area contributed by atoms with Crippen LogP contribution in [-0.2, 0) is 4.79 Å². The zero-order valence-corrected chi connectivity index (χ0v) is 9.14. The van der Waals surface area contributed by atoms with Crippen LogP contribution in [0, 0.1) is 0 Å². The summed E-state index contributed by atoms with van der Waals surface area (Å²) < 4.78 is 37.7. The number of allylic oxidation sites excluding steroid dienone is 3. The Kier molecular flexibility index (Phi) is 4.58. The van der Waals surface area contributed by atoms with E-state index in [1.165, 1.54) is 32.8 Å². The summed E-state index contributed by atoms with van der Waals surface area (Å²) >= 11 is 0. The average Bonchev–Trinajstić information content (AvgIpc) is 2.09. The first-order valence-electron chi connectivity index (χ1n) is 4.28. The molecule has 0 spiro atoms. The zero-order valence-electron chi connectivity index (χ0n) is 9.14. The molecule has 0 atom stereocenters. The van der Waals surface area contributed by atoms with Crippen molar-refractivity contribution < 1.29 is 18.0 Å². The van der Waals surface area contributed by atoms with Gasteiger partial charge in [-0.2, -0.15) is 13.2 Å². The summed E-state index contributed by atoms with van der Waals surface area (Å²) in [5.74, 6) is 0. The largest absolute Gasteiger partial charge is 0.418 e. The minimum atomic E-state index is -4.45. The van der Waals surface area contributed by atoms with E-state index in [1.807, 2.05) is 0 Å². The fourth-order valence-electron chi connectivity index (χ4n) is 0.942. The van der Waals surface area contributed by atoms with Gasteiger partial charge in [0.1, 0.15) is 6.29 Å². The van der Waals surface area contributed by atoms with Gasteiger partial charge >= 0.3 is 6.18 Å². The number of nitrogens with zero attached hydrogens (tertiary/aromatic N) is 1. The molecule has 0 N–H and O–H groups in total. The molecule has 0 radical (unpaired) electrons. The van der Waals surface area contributed by atoms with Crippen LogP contribution in [0.15, 0.2) is 22.9 Å². The second-order valence-corrected chi connectivity index (χ2v) is 3.43. The summed E-state index contributed by atoms with van der Waals surface area (Å²) in [6.07, 6.45) is -3.06. The zero-order chi connectivity index (χ0) is 12.2. The van der Waals surface area contributed by atoms with Gasteiger partial charge in [0.2, 0.25) is 0 Å². The fourth-order valence-corrected chi connectivity index (χ4v) is 0.942. The quantitative estimate of drug-likeness (QED) is 0.414. The van der Waals surface area contributed by atoms with Crippen LogP contribution in [-0.4, -0.2) is 31.5 Å². The molecule has 15 heavy (non-hydrogen) atoms. The Bertz CT molecular complexity index is 300. The van der Waals surface area contributed by atoms with Crippen molar-refractivity contribution in [3.05, 3.63) is 22.9 Å². The molecule has 86 valence electrons. The van der Waals surface area contributed by atoms with Crippen molar-refractivity contribution in [1.82, 2.24) is 4.90 Å². The summed E-state index contributed by atoms with van der Waals surface area (Å²) in [4.78, 5) is 11.7. The third-order valence-corrected chi connectivity index (χ3v) is 1.86. The minimum absolute atomic E-state index is 0.0498. The number of alkyl halides is 3. The molecule has 0 fully saturated rings. The Balaban J connectivity index is 5.43. The molecule has 2 nitrogen and oxygen atoms in total. The summed E-state index contributed by atoms with van der Waals surface area (Å²) in [7, 11) is 2.99. The molecule has 0 rings (SSSR count). The maximum atomic E-state index is 12.6. The second kappa shape index (κ2) is 5.00. The Morgan fingerprint density at radius 2 is 1.67 bits per heavy atom. The van der Waals surface area contributed by atoms with Crippen molar-refractivity contribution in [2.45, 2.75) is 20.0 Å². The molecule has 0 amide bonds. The van der Waals surface area contributed by atoms with E-state index in [2.05, 4.69) is 0 Å². The lowest BCUT2D eigenvalue weighted by atomic mass is 10.0. The third kappa shape index (κ3) is 4.18. The van der Waals surface area contributed by atoms with Gasteiger partial charge < -0.3 is 4.90 Å². The smallest absolute Gasteiger partial charge is 0.383 e. The summed E-state index contributed by atoms with van der Waals surface area (Å²) in [6.45, 7) is 2.64. The number of rotatable bonds is 3. The van der Waals surface area contributed by atoms with Gasteiger partial charge in [0.25, 0.3) is 0 Å². The van der Waals surface area contributed by atoms with E-state index in [0.717, 1.165) is 6.20 Å². The van der Waals surface area contributed by atoms with Crippen LogP contribution in [0.1, 0.15) is 13.8 Å². The van der Waals surface area contributed by atoms with Crippen molar-refractivity contribution >= 4 is 6.29 Å². The molecule has 0 aromatic carbocycles. The average molecular weight is 221 g/mol. The molecule has 5 heteroatoms. The number of carbonyl (C=O) groups is 1. The van der Waals surface area contributed by atoms with E-state index >= 15 is 0 Å². The van der Waals surface area contributed by atoms with Gasteiger partial charge in [0.05, 0.1) is 5.57 Å². The maximum Gasteiger partial charge on any atom is 0.418 e. The van der Waals surface area contributed by atoms with Crippen molar-refractivity contribution in [3.63, 3.8) is 0 Å². The molecular weight excluding hydrogens is 207 g/mol. The van der Waals surface area contributed by atoms with Crippen LogP contribution in [0.2, 0.25) is 0 Å². The first-order chi connectivity index (χ1) is 6.70. The summed E-state index contributed by atoms with van der Waals surface area (Å²) in [5.41, 5.74) is -0.760. The van der Waals surface area contributed by atoms with Gasteiger partial charge in [-0.05, 0) is 25.0 Å². The number of aldehydes is 1. The molecule has 0 saturated heterocycles. The van der Waals surface area contributed by atoms with Crippen molar-refractivity contribution in [1.29, 1.82) is 0 Å². The topological polar surface area (TPSA) is 20.3 Å².